The highest BCUT2D eigenvalue weighted by Crippen LogP contribution is 2.22. The van der Waals surface area contributed by atoms with Gasteiger partial charge < -0.3 is 4.90 Å². The number of hydrogen-bond donors (Lipinski definition) is 0. The average molecular weight is 272 g/mol. The van der Waals surface area contributed by atoms with Gasteiger partial charge in [-0.2, -0.15) is 0 Å². The Morgan fingerprint density at radius 2 is 2.12 bits per heavy atom. The van der Waals surface area contributed by atoms with Gasteiger partial charge in [-0.3, -0.25) is 4.79 Å². The number of nitrogens with zero attached hydrogens (tertiary/aromatic N) is 1. The van der Waals surface area contributed by atoms with Gasteiger partial charge in [-0.1, -0.05) is 29.3 Å². The Kier molecular flexibility index (Phi) is 4.30. The topological polar surface area (TPSA) is 20.3 Å². The molecular formula is C13H15Cl2NO. The van der Waals surface area contributed by atoms with Crippen LogP contribution in [0.5, 0.6) is 0 Å². The Bertz CT molecular complexity index is 420. The Hall–Kier alpha value is -0.730. The molecule has 0 aromatic heterocycles. The third-order valence-electron chi connectivity index (χ3n) is 3.06. The number of carbonyl (C=O) groups is 1. The number of hydrogen-bond acceptors (Lipinski definition) is 1. The molecule has 2 nitrogen and oxygen atoms in total. The monoisotopic (exact) mass is 271 g/mol. The molecule has 0 spiro atoms. The van der Waals surface area contributed by atoms with E-state index in [0.29, 0.717) is 16.5 Å². The van der Waals surface area contributed by atoms with Crippen molar-refractivity contribution in [3.63, 3.8) is 0 Å². The second kappa shape index (κ2) is 5.74. The van der Waals surface area contributed by atoms with E-state index in [9.17, 15) is 4.79 Å². The third kappa shape index (κ3) is 3.36. The lowest BCUT2D eigenvalue weighted by Crippen LogP contribution is -2.25. The molecule has 0 aliphatic carbocycles. The van der Waals surface area contributed by atoms with Crippen LogP contribution in [-0.4, -0.2) is 23.9 Å². The van der Waals surface area contributed by atoms with Gasteiger partial charge in [-0.05, 0) is 37.0 Å². The minimum atomic E-state index is 0.284. The molecule has 1 saturated heterocycles. The smallest absolute Gasteiger partial charge is 0.222 e. The predicted octanol–water partition coefficient (Wildman–Crippen LogP) is 3.55. The van der Waals surface area contributed by atoms with Crippen molar-refractivity contribution in [3.8, 4) is 0 Å². The van der Waals surface area contributed by atoms with Gasteiger partial charge in [0, 0.05) is 29.6 Å². The normalized spacial score (nSPS) is 15.6. The maximum absolute atomic E-state index is 11.4. The number of rotatable bonds is 4. The van der Waals surface area contributed by atoms with Gasteiger partial charge in [0.2, 0.25) is 5.91 Å². The first kappa shape index (κ1) is 12.7. The van der Waals surface area contributed by atoms with Crippen molar-refractivity contribution in [2.75, 3.05) is 13.1 Å². The number of likely N-dealkylation sites (tertiary alicyclic amines) is 1. The first-order chi connectivity index (χ1) is 8.16. The molecule has 0 atom stereocenters. The maximum atomic E-state index is 11.4. The van der Waals surface area contributed by atoms with E-state index >= 15 is 0 Å². The highest BCUT2D eigenvalue weighted by Gasteiger charge is 2.19. The number of amides is 1. The number of halogens is 2. The molecule has 0 bridgehead atoms. The molecule has 4 heteroatoms. The molecule has 1 aromatic carbocycles. The van der Waals surface area contributed by atoms with Gasteiger partial charge >= 0.3 is 0 Å². The fourth-order valence-corrected chi connectivity index (χ4v) is 2.63. The molecule has 1 fully saturated rings. The Labute approximate surface area is 112 Å². The van der Waals surface area contributed by atoms with Crippen LogP contribution >= 0.6 is 23.2 Å². The second-order valence-electron chi connectivity index (χ2n) is 4.32. The zero-order valence-electron chi connectivity index (χ0n) is 9.59. The van der Waals surface area contributed by atoms with Crippen LogP contribution in [0, 0.1) is 0 Å². The molecule has 1 aliphatic heterocycles. The SMILES string of the molecule is O=C1CCCN1CCCc1ccc(Cl)cc1Cl. The predicted molar refractivity (Wildman–Crippen MR) is 70.6 cm³/mol. The molecule has 2 rings (SSSR count). The average Bonchev–Trinajstić information content (AvgIpc) is 2.68. The van der Waals surface area contributed by atoms with Gasteiger partial charge in [0.1, 0.15) is 0 Å². The number of carbonyl (C=O) groups excluding carboxylic acids is 1. The first-order valence-electron chi connectivity index (χ1n) is 5.88. The summed E-state index contributed by atoms with van der Waals surface area (Å²) >= 11 is 11.9. The minimum Gasteiger partial charge on any atom is -0.343 e. The van der Waals surface area contributed by atoms with Crippen molar-refractivity contribution >= 4 is 29.1 Å². The van der Waals surface area contributed by atoms with Crippen LogP contribution < -0.4 is 0 Å². The summed E-state index contributed by atoms with van der Waals surface area (Å²) in [5, 5.41) is 1.37. The fraction of sp³-hybridized carbons (Fsp3) is 0.462. The molecule has 0 saturated carbocycles. The summed E-state index contributed by atoms with van der Waals surface area (Å²) < 4.78 is 0. The van der Waals surface area contributed by atoms with Crippen LogP contribution in [0.4, 0.5) is 0 Å². The van der Waals surface area contributed by atoms with E-state index in [1.165, 1.54) is 0 Å². The highest BCUT2D eigenvalue weighted by atomic mass is 35.5. The van der Waals surface area contributed by atoms with E-state index in [1.807, 2.05) is 17.0 Å². The van der Waals surface area contributed by atoms with E-state index in [1.54, 1.807) is 6.07 Å². The van der Waals surface area contributed by atoms with Crippen LogP contribution in [0.1, 0.15) is 24.8 Å². The lowest BCUT2D eigenvalue weighted by molar-refractivity contribution is -0.127. The van der Waals surface area contributed by atoms with Gasteiger partial charge in [0.15, 0.2) is 0 Å². The number of aryl methyl sites for hydroxylation is 1. The maximum Gasteiger partial charge on any atom is 0.222 e. The summed E-state index contributed by atoms with van der Waals surface area (Å²) in [6.07, 6.45) is 3.55. The standard InChI is InChI=1S/C13H15Cl2NO/c14-11-6-5-10(12(15)9-11)3-1-7-16-8-2-4-13(16)17/h5-6,9H,1-4,7-8H2. The van der Waals surface area contributed by atoms with E-state index in [4.69, 9.17) is 23.2 Å². The van der Waals surface area contributed by atoms with Crippen molar-refractivity contribution in [3.05, 3.63) is 33.8 Å². The Morgan fingerprint density at radius 3 is 2.76 bits per heavy atom. The summed E-state index contributed by atoms with van der Waals surface area (Å²) in [5.74, 6) is 0.284. The summed E-state index contributed by atoms with van der Waals surface area (Å²) in [7, 11) is 0. The highest BCUT2D eigenvalue weighted by molar-refractivity contribution is 6.35. The van der Waals surface area contributed by atoms with Crippen molar-refractivity contribution in [2.45, 2.75) is 25.7 Å². The molecule has 17 heavy (non-hydrogen) atoms. The summed E-state index contributed by atoms with van der Waals surface area (Å²) in [4.78, 5) is 13.3. The molecule has 0 unspecified atom stereocenters. The van der Waals surface area contributed by atoms with Crippen LogP contribution in [-0.2, 0) is 11.2 Å². The molecule has 0 N–H and O–H groups in total. The van der Waals surface area contributed by atoms with Crippen LogP contribution in [0.15, 0.2) is 18.2 Å². The molecule has 1 aliphatic rings. The fourth-order valence-electron chi connectivity index (χ4n) is 2.13. The lowest BCUT2D eigenvalue weighted by Gasteiger charge is -2.15. The van der Waals surface area contributed by atoms with Crippen LogP contribution in [0.3, 0.4) is 0 Å². The molecular weight excluding hydrogens is 257 g/mol. The molecule has 1 amide bonds. The molecule has 1 aromatic rings. The summed E-state index contributed by atoms with van der Waals surface area (Å²) in [6.45, 7) is 1.74. The third-order valence-corrected chi connectivity index (χ3v) is 3.65. The van der Waals surface area contributed by atoms with Gasteiger partial charge in [-0.15, -0.1) is 0 Å². The van der Waals surface area contributed by atoms with Crippen molar-refractivity contribution in [1.82, 2.24) is 4.90 Å². The van der Waals surface area contributed by atoms with Crippen LogP contribution in [0.25, 0.3) is 0 Å². The molecule has 92 valence electrons. The van der Waals surface area contributed by atoms with Gasteiger partial charge in [0.05, 0.1) is 0 Å². The summed E-state index contributed by atoms with van der Waals surface area (Å²) in [5.41, 5.74) is 1.10. The first-order valence-corrected chi connectivity index (χ1v) is 6.64. The summed E-state index contributed by atoms with van der Waals surface area (Å²) in [6, 6.07) is 5.57. The zero-order chi connectivity index (χ0) is 12.3. The largest absolute Gasteiger partial charge is 0.343 e. The molecule has 0 radical (unpaired) electrons. The van der Waals surface area contributed by atoms with Gasteiger partial charge in [0.25, 0.3) is 0 Å². The van der Waals surface area contributed by atoms with E-state index in [-0.39, 0.29) is 5.91 Å². The lowest BCUT2D eigenvalue weighted by atomic mass is 10.1. The van der Waals surface area contributed by atoms with Crippen molar-refractivity contribution in [2.24, 2.45) is 0 Å². The van der Waals surface area contributed by atoms with E-state index < -0.39 is 0 Å². The van der Waals surface area contributed by atoms with Crippen LogP contribution in [0.2, 0.25) is 10.0 Å². The van der Waals surface area contributed by atoms with Crippen molar-refractivity contribution < 1.29 is 4.79 Å². The second-order valence-corrected chi connectivity index (χ2v) is 5.17. The van der Waals surface area contributed by atoms with E-state index in [2.05, 4.69) is 0 Å². The minimum absolute atomic E-state index is 0.284. The Balaban J connectivity index is 1.83. The van der Waals surface area contributed by atoms with Crippen molar-refractivity contribution in [1.29, 1.82) is 0 Å². The Morgan fingerprint density at radius 1 is 1.29 bits per heavy atom. The quantitative estimate of drug-likeness (QED) is 0.820. The zero-order valence-corrected chi connectivity index (χ0v) is 11.1. The van der Waals surface area contributed by atoms with E-state index in [0.717, 1.165) is 37.9 Å². The molecule has 1 heterocycles. The number of benzene rings is 1. The van der Waals surface area contributed by atoms with Gasteiger partial charge in [-0.25, -0.2) is 0 Å².